The highest BCUT2D eigenvalue weighted by atomic mass is 35.5. The normalized spacial score (nSPS) is 22.3. The van der Waals surface area contributed by atoms with Gasteiger partial charge in [0.2, 0.25) is 5.69 Å². The highest BCUT2D eigenvalue weighted by molar-refractivity contribution is 5.80. The van der Waals surface area contributed by atoms with Crippen LogP contribution in [0.2, 0.25) is 0 Å². The van der Waals surface area contributed by atoms with Crippen molar-refractivity contribution in [3.8, 4) is 0 Å². The Morgan fingerprint density at radius 3 is 2.47 bits per heavy atom. The topological polar surface area (TPSA) is 15.0 Å². The number of nitrogens with zero attached hydrogens (tertiary/aromatic N) is 1. The summed E-state index contributed by atoms with van der Waals surface area (Å²) < 4.78 is 2.23. The minimum absolute atomic E-state index is 0. The molecule has 0 amide bonds. The lowest BCUT2D eigenvalue weighted by Gasteiger charge is -2.21. The minimum Gasteiger partial charge on any atom is -1.00 e. The van der Waals surface area contributed by atoms with Gasteiger partial charge in [-0.3, -0.25) is 0 Å². The maximum absolute atomic E-state index is 3.61. The van der Waals surface area contributed by atoms with E-state index in [1.807, 2.05) is 0 Å². The third-order valence-electron chi connectivity index (χ3n) is 4.01. The molecule has 0 saturated carbocycles. The van der Waals surface area contributed by atoms with Gasteiger partial charge in [0.1, 0.15) is 13.1 Å². The molecule has 0 aromatic heterocycles. The Bertz CT molecular complexity index is 663. The molecule has 2 unspecified atom stereocenters. The minimum atomic E-state index is 0. The smallest absolute Gasteiger partial charge is 0.208 e. The van der Waals surface area contributed by atoms with Crippen LogP contribution < -0.4 is 17.7 Å². The van der Waals surface area contributed by atoms with E-state index in [1.165, 1.54) is 22.5 Å². The SMILES string of the molecule is C[N+]1=CC2Nc3ccccc3C2c2ccccc21.[Cl-]. The van der Waals surface area contributed by atoms with E-state index in [4.69, 9.17) is 0 Å². The van der Waals surface area contributed by atoms with Crippen molar-refractivity contribution in [2.75, 3.05) is 12.4 Å². The first-order chi connectivity index (χ1) is 8.84. The van der Waals surface area contributed by atoms with E-state index >= 15 is 0 Å². The van der Waals surface area contributed by atoms with Gasteiger partial charge in [-0.15, -0.1) is 0 Å². The fourth-order valence-corrected chi connectivity index (χ4v) is 3.23. The molecule has 0 bridgehead atoms. The summed E-state index contributed by atoms with van der Waals surface area (Å²) >= 11 is 0. The molecule has 0 fully saturated rings. The number of rotatable bonds is 0. The van der Waals surface area contributed by atoms with Crippen LogP contribution in [0.25, 0.3) is 0 Å². The second-order valence-corrected chi connectivity index (χ2v) is 5.05. The summed E-state index contributed by atoms with van der Waals surface area (Å²) in [6, 6.07) is 17.7. The number of hydrogen-bond donors (Lipinski definition) is 1. The van der Waals surface area contributed by atoms with Crippen molar-refractivity contribution in [2.24, 2.45) is 0 Å². The van der Waals surface area contributed by atoms with E-state index in [-0.39, 0.29) is 12.4 Å². The monoisotopic (exact) mass is 270 g/mol. The molecule has 4 rings (SSSR count). The molecule has 2 aromatic carbocycles. The van der Waals surface area contributed by atoms with Crippen LogP contribution in [0.15, 0.2) is 48.5 Å². The number of nitrogens with one attached hydrogen (secondary N) is 1. The van der Waals surface area contributed by atoms with E-state index in [1.54, 1.807) is 0 Å². The molecular formula is C16H15ClN2. The molecule has 0 saturated heterocycles. The van der Waals surface area contributed by atoms with Crippen LogP contribution in [-0.2, 0) is 0 Å². The van der Waals surface area contributed by atoms with Gasteiger partial charge in [0.05, 0.1) is 0 Å². The second kappa shape index (κ2) is 4.39. The number of hydrogen-bond acceptors (Lipinski definition) is 1. The summed E-state index contributed by atoms with van der Waals surface area (Å²) in [5, 5.41) is 3.61. The van der Waals surface area contributed by atoms with Crippen LogP contribution in [0.4, 0.5) is 11.4 Å². The Morgan fingerprint density at radius 2 is 1.63 bits per heavy atom. The average molecular weight is 271 g/mol. The predicted molar refractivity (Wildman–Crippen MR) is 74.0 cm³/mol. The van der Waals surface area contributed by atoms with Gasteiger partial charge < -0.3 is 17.7 Å². The average Bonchev–Trinajstić information content (AvgIpc) is 2.77. The summed E-state index contributed by atoms with van der Waals surface area (Å²) in [5.74, 6) is 0.452. The fourth-order valence-electron chi connectivity index (χ4n) is 3.23. The van der Waals surface area contributed by atoms with Crippen molar-refractivity contribution in [3.63, 3.8) is 0 Å². The van der Waals surface area contributed by atoms with E-state index in [2.05, 4.69) is 71.7 Å². The molecule has 0 spiro atoms. The molecule has 3 heteroatoms. The molecule has 2 aromatic rings. The van der Waals surface area contributed by atoms with Gasteiger partial charge in [-0.25, -0.2) is 4.58 Å². The number of benzene rings is 2. The Kier molecular flexibility index (Phi) is 2.83. The van der Waals surface area contributed by atoms with Crippen molar-refractivity contribution in [3.05, 3.63) is 59.7 Å². The molecular weight excluding hydrogens is 256 g/mol. The van der Waals surface area contributed by atoms with Crippen LogP contribution in [0.1, 0.15) is 17.0 Å². The predicted octanol–water partition coefficient (Wildman–Crippen LogP) is -0.0252. The molecule has 96 valence electrons. The van der Waals surface area contributed by atoms with Gasteiger partial charge in [0, 0.05) is 23.2 Å². The maximum Gasteiger partial charge on any atom is 0.208 e. The first-order valence-corrected chi connectivity index (χ1v) is 6.37. The summed E-state index contributed by atoms with van der Waals surface area (Å²) in [6.45, 7) is 0. The summed E-state index contributed by atoms with van der Waals surface area (Å²) in [7, 11) is 2.12. The molecule has 2 aliphatic heterocycles. The van der Waals surface area contributed by atoms with Crippen molar-refractivity contribution < 1.29 is 17.0 Å². The van der Waals surface area contributed by atoms with Gasteiger partial charge in [0.15, 0.2) is 6.21 Å². The standard InChI is InChI=1S/C16H15N2.ClH/c1-18-10-14-16(12-7-3-5-9-15(12)18)11-6-2-4-8-13(11)17-14;/h2-10,14,16-17H,1H3;1H/q+1;/p-1. The zero-order chi connectivity index (χ0) is 12.1. The van der Waals surface area contributed by atoms with Gasteiger partial charge >= 0.3 is 0 Å². The van der Waals surface area contributed by atoms with Crippen molar-refractivity contribution in [1.29, 1.82) is 0 Å². The zero-order valence-corrected chi connectivity index (χ0v) is 11.4. The molecule has 2 aliphatic rings. The molecule has 1 N–H and O–H groups in total. The van der Waals surface area contributed by atoms with Crippen molar-refractivity contribution >= 4 is 17.6 Å². The summed E-state index contributed by atoms with van der Waals surface area (Å²) in [6.07, 6.45) is 2.28. The van der Waals surface area contributed by atoms with E-state index in [0.717, 1.165) is 0 Å². The third kappa shape index (κ3) is 1.67. The fraction of sp³-hybridized carbons (Fsp3) is 0.188. The van der Waals surface area contributed by atoms with E-state index in [9.17, 15) is 0 Å². The quantitative estimate of drug-likeness (QED) is 0.665. The molecule has 19 heavy (non-hydrogen) atoms. The Balaban J connectivity index is 0.00000110. The molecule has 2 nitrogen and oxygen atoms in total. The van der Waals surface area contributed by atoms with Crippen molar-refractivity contribution in [1.82, 2.24) is 0 Å². The second-order valence-electron chi connectivity index (χ2n) is 5.05. The van der Waals surface area contributed by atoms with Crippen LogP contribution in [0, 0.1) is 0 Å². The van der Waals surface area contributed by atoms with Crippen LogP contribution >= 0.6 is 0 Å². The van der Waals surface area contributed by atoms with Crippen molar-refractivity contribution in [2.45, 2.75) is 12.0 Å². The van der Waals surface area contributed by atoms with E-state index < -0.39 is 0 Å². The maximum atomic E-state index is 3.61. The Morgan fingerprint density at radius 1 is 0.947 bits per heavy atom. The van der Waals surface area contributed by atoms with Gasteiger partial charge in [0.25, 0.3) is 0 Å². The van der Waals surface area contributed by atoms with Gasteiger partial charge in [-0.05, 0) is 11.6 Å². The van der Waals surface area contributed by atoms with Crippen LogP contribution in [0.5, 0.6) is 0 Å². The highest BCUT2D eigenvalue weighted by Crippen LogP contribution is 2.44. The lowest BCUT2D eigenvalue weighted by atomic mass is 9.85. The zero-order valence-electron chi connectivity index (χ0n) is 10.7. The molecule has 0 radical (unpaired) electrons. The Labute approximate surface area is 119 Å². The number of anilines is 1. The number of halogens is 1. The first-order valence-electron chi connectivity index (χ1n) is 6.37. The lowest BCUT2D eigenvalue weighted by molar-refractivity contribution is -0.404. The first kappa shape index (κ1) is 12.2. The number of fused-ring (bicyclic) bond motifs is 5. The highest BCUT2D eigenvalue weighted by Gasteiger charge is 2.40. The Hall–Kier alpha value is -1.80. The largest absolute Gasteiger partial charge is 1.00 e. The van der Waals surface area contributed by atoms with E-state index in [0.29, 0.717) is 12.0 Å². The third-order valence-corrected chi connectivity index (χ3v) is 4.01. The molecule has 2 heterocycles. The lowest BCUT2D eigenvalue weighted by Crippen LogP contribution is -3.00. The van der Waals surface area contributed by atoms with Crippen LogP contribution in [-0.4, -0.2) is 23.9 Å². The molecule has 2 atom stereocenters. The van der Waals surface area contributed by atoms with Gasteiger partial charge in [-0.1, -0.05) is 36.4 Å². The summed E-state index contributed by atoms with van der Waals surface area (Å²) in [5.41, 5.74) is 5.43. The van der Waals surface area contributed by atoms with Gasteiger partial charge in [-0.2, -0.15) is 0 Å². The summed E-state index contributed by atoms with van der Waals surface area (Å²) in [4.78, 5) is 0. The molecule has 0 aliphatic carbocycles. The van der Waals surface area contributed by atoms with Crippen LogP contribution in [0.3, 0.4) is 0 Å². The number of para-hydroxylation sites is 2.